The molecule has 1 aliphatic rings. The topological polar surface area (TPSA) is 141 Å². The van der Waals surface area contributed by atoms with Crippen molar-refractivity contribution in [2.45, 2.75) is 53.4 Å². The number of hydrogen-bond donors (Lipinski definition) is 3. The summed E-state index contributed by atoms with van der Waals surface area (Å²) in [7, 11) is 5.32. The second-order valence-electron chi connectivity index (χ2n) is 9.28. The van der Waals surface area contributed by atoms with E-state index in [1.165, 1.54) is 0 Å². The number of benzene rings is 1. The summed E-state index contributed by atoms with van der Waals surface area (Å²) in [5.74, 6) is 2.56. The number of amides is 2. The molecule has 10 nitrogen and oxygen atoms in total. The second kappa shape index (κ2) is 18.7. The molecule has 0 bridgehead atoms. The Kier molecular flexibility index (Phi) is 15.8. The van der Waals surface area contributed by atoms with Crippen LogP contribution in [0.2, 0.25) is 0 Å². The van der Waals surface area contributed by atoms with Gasteiger partial charge in [0.2, 0.25) is 5.95 Å². The van der Waals surface area contributed by atoms with Crippen LogP contribution in [0.15, 0.2) is 77.7 Å². The van der Waals surface area contributed by atoms with Crippen molar-refractivity contribution in [3.63, 3.8) is 0 Å². The summed E-state index contributed by atoms with van der Waals surface area (Å²) in [5.41, 5.74) is 16.2. The zero-order chi connectivity index (χ0) is 31.7. The van der Waals surface area contributed by atoms with Crippen molar-refractivity contribution < 1.29 is 14.3 Å². The number of nitrogens with two attached hydrogens (primary N) is 2. The molecular weight excluding hydrogens is 530 g/mol. The normalized spacial score (nSPS) is 12.5. The van der Waals surface area contributed by atoms with Gasteiger partial charge in [-0.25, -0.2) is 14.8 Å². The molecule has 3 rings (SSSR count). The molecule has 42 heavy (non-hydrogen) atoms. The van der Waals surface area contributed by atoms with E-state index >= 15 is 0 Å². The van der Waals surface area contributed by atoms with Crippen molar-refractivity contribution in [3.05, 3.63) is 84.0 Å². The van der Waals surface area contributed by atoms with Crippen molar-refractivity contribution in [2.24, 2.45) is 10.7 Å². The molecule has 2 aromatic rings. The van der Waals surface area contributed by atoms with Crippen LogP contribution in [0.1, 0.15) is 51.3 Å². The maximum Gasteiger partial charge on any atom is 0.316 e. The Balaban J connectivity index is 0.000000564. The summed E-state index contributed by atoms with van der Waals surface area (Å²) in [6.45, 7) is 15.1. The quantitative estimate of drug-likeness (QED) is 0.213. The largest absolute Gasteiger partial charge is 0.497 e. The van der Waals surface area contributed by atoms with E-state index < -0.39 is 6.03 Å². The number of nitrogens with one attached hydrogen (secondary N) is 1. The van der Waals surface area contributed by atoms with E-state index in [-0.39, 0.29) is 5.95 Å². The van der Waals surface area contributed by atoms with Crippen LogP contribution in [0.4, 0.5) is 27.9 Å². The highest BCUT2D eigenvalue weighted by molar-refractivity contribution is 6.03. The number of urea groups is 1. The molecule has 0 radical (unpaired) electrons. The molecule has 5 N–H and O–H groups in total. The van der Waals surface area contributed by atoms with Gasteiger partial charge in [0.05, 0.1) is 19.9 Å². The number of methoxy groups -OCH3 is 2. The fourth-order valence-electron chi connectivity index (χ4n) is 4.00. The number of ether oxygens (including phenoxy) is 2. The summed E-state index contributed by atoms with van der Waals surface area (Å²) in [6, 6.07) is 6.92. The highest BCUT2D eigenvalue weighted by Crippen LogP contribution is 2.32. The molecule has 2 amide bonds. The smallest absolute Gasteiger partial charge is 0.316 e. The van der Waals surface area contributed by atoms with Gasteiger partial charge in [-0.1, -0.05) is 38.5 Å². The van der Waals surface area contributed by atoms with Crippen LogP contribution in [0.3, 0.4) is 0 Å². The Morgan fingerprint density at radius 1 is 1.17 bits per heavy atom. The molecule has 0 atom stereocenters. The van der Waals surface area contributed by atoms with E-state index in [9.17, 15) is 4.79 Å². The van der Waals surface area contributed by atoms with Gasteiger partial charge in [-0.3, -0.25) is 0 Å². The van der Waals surface area contributed by atoms with Gasteiger partial charge in [0, 0.05) is 31.4 Å². The molecule has 0 unspecified atom stereocenters. The number of hydrogen-bond acceptors (Lipinski definition) is 8. The maximum atomic E-state index is 10.4. The SMILES string of the molecule is C=C.CCCCN(C)c1nc(N)nc(CC)c1N=C(C)C1=CCC(OC)=C(OC)C=C1.Cc1cccc(NC(N)=O)c1. The molecule has 0 aliphatic heterocycles. The zero-order valence-corrected chi connectivity index (χ0v) is 26.2. The van der Waals surface area contributed by atoms with Gasteiger partial charge < -0.3 is 31.2 Å². The monoisotopic (exact) mass is 577 g/mol. The molecule has 1 aliphatic carbocycles. The van der Waals surface area contributed by atoms with Gasteiger partial charge >= 0.3 is 6.03 Å². The number of nitrogens with zero attached hydrogens (tertiary/aromatic N) is 4. The van der Waals surface area contributed by atoms with E-state index in [2.05, 4.69) is 53.3 Å². The summed E-state index contributed by atoms with van der Waals surface area (Å²) in [4.78, 5) is 26.4. The number of carbonyl (C=O) groups is 1. The molecule has 1 heterocycles. The Labute approximate surface area is 250 Å². The first-order valence-electron chi connectivity index (χ1n) is 13.9. The third-order valence-electron chi connectivity index (χ3n) is 6.14. The van der Waals surface area contributed by atoms with E-state index in [4.69, 9.17) is 25.9 Å². The van der Waals surface area contributed by atoms with Gasteiger partial charge in [0.15, 0.2) is 11.6 Å². The highest BCUT2D eigenvalue weighted by Gasteiger charge is 2.17. The lowest BCUT2D eigenvalue weighted by Crippen LogP contribution is -2.21. The Bertz CT molecular complexity index is 1300. The number of aromatic nitrogens is 2. The lowest BCUT2D eigenvalue weighted by atomic mass is 10.1. The maximum absolute atomic E-state index is 10.4. The molecule has 0 spiro atoms. The average molecular weight is 578 g/mol. The van der Waals surface area contributed by atoms with Gasteiger partial charge in [0.25, 0.3) is 0 Å². The van der Waals surface area contributed by atoms with Crippen molar-refractivity contribution in [3.8, 4) is 0 Å². The van der Waals surface area contributed by atoms with Crippen molar-refractivity contribution >= 4 is 34.9 Å². The van der Waals surface area contributed by atoms with Gasteiger partial charge in [-0.05, 0) is 62.1 Å². The number of anilines is 3. The minimum Gasteiger partial charge on any atom is -0.497 e. The van der Waals surface area contributed by atoms with Gasteiger partial charge in [-0.2, -0.15) is 4.98 Å². The van der Waals surface area contributed by atoms with Gasteiger partial charge in [0.1, 0.15) is 11.4 Å². The van der Waals surface area contributed by atoms with Crippen LogP contribution >= 0.6 is 0 Å². The lowest BCUT2D eigenvalue weighted by molar-refractivity contribution is 0.227. The first-order chi connectivity index (χ1) is 20.1. The van der Waals surface area contributed by atoms with Crippen molar-refractivity contribution in [1.82, 2.24) is 9.97 Å². The van der Waals surface area contributed by atoms with E-state index in [0.29, 0.717) is 6.42 Å². The zero-order valence-electron chi connectivity index (χ0n) is 26.2. The Morgan fingerprint density at radius 3 is 2.45 bits per heavy atom. The van der Waals surface area contributed by atoms with Crippen LogP contribution < -0.4 is 21.7 Å². The molecule has 0 saturated carbocycles. The van der Waals surface area contributed by atoms with Crippen molar-refractivity contribution in [1.29, 1.82) is 0 Å². The number of carbonyl (C=O) groups excluding carboxylic acids is 1. The standard InChI is InChI=1S/C22H33N5O2.C8H10N2O.C2H4/c1-7-9-14-27(4)21-20(17(8-2)25-22(23)26-21)24-15(3)16-10-12-18(28-5)19(29-6)13-11-16;1-6-3-2-4-7(5-6)10-8(9)11;1-2/h10-12H,7-9,13-14H2,1-6H3,(H2,23,25,26);2-5H,1H3,(H3,9,10,11);1-2H2. The van der Waals surface area contributed by atoms with Crippen molar-refractivity contribution in [2.75, 3.05) is 43.8 Å². The average Bonchev–Trinajstić information content (AvgIpc) is 3.19. The molecular formula is C32H47N7O3. The Hall–Kier alpha value is -4.60. The summed E-state index contributed by atoms with van der Waals surface area (Å²) < 4.78 is 10.8. The number of rotatable bonds is 10. The number of primary amides is 1. The first kappa shape index (κ1) is 35.4. The predicted octanol–water partition coefficient (Wildman–Crippen LogP) is 6.63. The summed E-state index contributed by atoms with van der Waals surface area (Å²) >= 11 is 0. The summed E-state index contributed by atoms with van der Waals surface area (Å²) in [5, 5.41) is 2.48. The number of aliphatic imine (C=N–C) groups is 1. The van der Waals surface area contributed by atoms with Crippen LogP contribution in [0.25, 0.3) is 0 Å². The number of nitrogen functional groups attached to an aromatic ring is 1. The minimum atomic E-state index is -0.532. The molecule has 1 aromatic carbocycles. The lowest BCUT2D eigenvalue weighted by Gasteiger charge is -2.21. The van der Waals surface area contributed by atoms with Crippen LogP contribution in [-0.2, 0) is 15.9 Å². The van der Waals surface area contributed by atoms with Crippen LogP contribution in [-0.4, -0.2) is 49.5 Å². The molecule has 1 aromatic heterocycles. The fraction of sp³-hybridized carbons (Fsp3) is 0.375. The van der Waals surface area contributed by atoms with E-state index in [1.54, 1.807) is 20.3 Å². The third-order valence-corrected chi connectivity index (χ3v) is 6.14. The third kappa shape index (κ3) is 11.1. The van der Waals surface area contributed by atoms with Crippen LogP contribution in [0, 0.1) is 6.92 Å². The number of allylic oxidation sites excluding steroid dienone is 4. The molecule has 10 heteroatoms. The van der Waals surface area contributed by atoms with E-state index in [1.807, 2.05) is 51.2 Å². The predicted molar refractivity (Wildman–Crippen MR) is 175 cm³/mol. The first-order valence-corrected chi connectivity index (χ1v) is 13.9. The summed E-state index contributed by atoms with van der Waals surface area (Å²) in [6.07, 6.45) is 9.53. The van der Waals surface area contributed by atoms with Gasteiger partial charge in [-0.15, -0.1) is 13.2 Å². The molecule has 228 valence electrons. The number of aryl methyl sites for hydroxylation is 2. The number of unbranched alkanes of at least 4 members (excludes halogenated alkanes) is 1. The highest BCUT2D eigenvalue weighted by atomic mass is 16.5. The Morgan fingerprint density at radius 2 is 1.88 bits per heavy atom. The second-order valence-corrected chi connectivity index (χ2v) is 9.28. The molecule has 0 saturated heterocycles. The molecule has 0 fully saturated rings. The van der Waals surface area contributed by atoms with E-state index in [0.717, 1.165) is 77.1 Å². The minimum absolute atomic E-state index is 0.282. The fourth-order valence-corrected chi connectivity index (χ4v) is 4.00. The van der Waals surface area contributed by atoms with Crippen LogP contribution in [0.5, 0.6) is 0 Å².